The summed E-state index contributed by atoms with van der Waals surface area (Å²) in [6.45, 7) is 21.0. The van der Waals surface area contributed by atoms with Crippen LogP contribution < -0.4 is 21.7 Å². The first-order chi connectivity index (χ1) is 44.3. The summed E-state index contributed by atoms with van der Waals surface area (Å²) in [5, 5.41) is 25.7. The average Bonchev–Trinajstić information content (AvgIpc) is 1.50. The van der Waals surface area contributed by atoms with E-state index >= 15 is 0 Å². The highest BCUT2D eigenvalue weighted by atomic mass is 79.9. The van der Waals surface area contributed by atoms with Gasteiger partial charge in [-0.25, -0.2) is 34.3 Å². The Labute approximate surface area is 566 Å². The van der Waals surface area contributed by atoms with Crippen molar-refractivity contribution in [3.63, 3.8) is 0 Å². The molecule has 93 heavy (non-hydrogen) atoms. The number of carbonyl (C=O) groups excluding carboxylic acids is 3. The molecule has 1 amide bonds. The second-order valence-corrected chi connectivity index (χ2v) is 27.7. The van der Waals surface area contributed by atoms with Crippen LogP contribution in [0.25, 0.3) is 37.5 Å². The maximum atomic E-state index is 12.2. The number of ether oxygens (including phenoxy) is 3. The topological polar surface area (TPSA) is 279 Å². The van der Waals surface area contributed by atoms with Crippen molar-refractivity contribution in [2.24, 2.45) is 16.1 Å². The van der Waals surface area contributed by atoms with Gasteiger partial charge in [0.15, 0.2) is 5.78 Å². The number of fused-ring (bicyclic) bond motifs is 3. The molecule has 1 spiro atoms. The monoisotopic (exact) mass is 1430 g/mol. The van der Waals surface area contributed by atoms with E-state index in [0.29, 0.717) is 33.4 Å². The van der Waals surface area contributed by atoms with Crippen molar-refractivity contribution in [1.29, 1.82) is 0 Å². The lowest BCUT2D eigenvalue weighted by atomic mass is 9.72. The number of nitrogens with two attached hydrogens (primary N) is 1. The Bertz CT molecular complexity index is 3990. The van der Waals surface area contributed by atoms with Crippen LogP contribution in [0.15, 0.2) is 142 Å². The number of aliphatic imine (C=N–C) groups is 1. The van der Waals surface area contributed by atoms with Crippen LogP contribution in [-0.2, 0) is 14.2 Å². The van der Waals surface area contributed by atoms with Gasteiger partial charge in [0.05, 0.1) is 30.6 Å². The molecule has 3 saturated heterocycles. The number of aromatic amines is 1. The molecule has 4 aliphatic rings. The molecule has 7 N–H and O–H groups in total. The number of aromatic nitrogens is 7. The fourth-order valence-electron chi connectivity index (χ4n) is 9.98. The summed E-state index contributed by atoms with van der Waals surface area (Å²) in [7, 11) is 0. The van der Waals surface area contributed by atoms with E-state index in [-0.39, 0.29) is 22.8 Å². The minimum absolute atomic E-state index is 0.0623. The summed E-state index contributed by atoms with van der Waals surface area (Å²) in [6, 6.07) is 32.8. The Hall–Kier alpha value is -7.97. The number of aryl methyl sites for hydroxylation is 1. The van der Waals surface area contributed by atoms with Crippen molar-refractivity contribution in [3.05, 3.63) is 164 Å². The van der Waals surface area contributed by atoms with Crippen LogP contribution in [0.5, 0.6) is 0 Å². The zero-order valence-electron chi connectivity index (χ0n) is 53.3. The molecule has 0 radical (unpaired) electrons. The summed E-state index contributed by atoms with van der Waals surface area (Å²) < 4.78 is 19.9. The van der Waals surface area contributed by atoms with Gasteiger partial charge in [-0.3, -0.25) is 9.79 Å². The number of carbonyl (C=O) groups is 4. The first kappa shape index (κ1) is 70.9. The van der Waals surface area contributed by atoms with Crippen molar-refractivity contribution in [3.8, 4) is 0 Å². The maximum Gasteiger partial charge on any atom is 0.435 e. The highest BCUT2D eigenvalue weighted by Crippen LogP contribution is 2.40. The van der Waals surface area contributed by atoms with Gasteiger partial charge in [0.25, 0.3) is 0 Å². The number of amides is 1. The lowest BCUT2D eigenvalue weighted by Crippen LogP contribution is -2.48. The second-order valence-electron chi connectivity index (χ2n) is 24.4. The van der Waals surface area contributed by atoms with E-state index < -0.39 is 17.7 Å². The minimum Gasteiger partial charge on any atom is -0.477 e. The average molecular weight is 1430 g/mol. The summed E-state index contributed by atoms with van der Waals surface area (Å²) in [4.78, 5) is 71.7. The molecule has 0 aliphatic carbocycles. The molecule has 25 heteroatoms. The van der Waals surface area contributed by atoms with E-state index in [4.69, 9.17) is 36.7 Å². The molecule has 9 aromatic rings. The molecule has 3 fully saturated rings. The van der Waals surface area contributed by atoms with E-state index in [9.17, 15) is 19.2 Å². The molecule has 0 bridgehead atoms. The van der Waals surface area contributed by atoms with Gasteiger partial charge in [-0.05, 0) is 206 Å². The van der Waals surface area contributed by atoms with E-state index in [0.717, 1.165) is 124 Å². The van der Waals surface area contributed by atoms with Crippen LogP contribution >= 0.6 is 54.8 Å². The van der Waals surface area contributed by atoms with Crippen LogP contribution in [0.3, 0.4) is 0 Å². The third kappa shape index (κ3) is 22.1. The molecule has 0 saturated carbocycles. The van der Waals surface area contributed by atoms with Gasteiger partial charge in [0.1, 0.15) is 33.5 Å². The Morgan fingerprint density at radius 2 is 1.42 bits per heavy atom. The number of benzene rings is 4. The Balaban J connectivity index is 0.000000148. The van der Waals surface area contributed by atoms with Gasteiger partial charge in [0, 0.05) is 92.6 Å². The van der Waals surface area contributed by atoms with Crippen molar-refractivity contribution < 1.29 is 38.5 Å². The van der Waals surface area contributed by atoms with E-state index in [2.05, 4.69) is 101 Å². The molecule has 9 heterocycles. The van der Waals surface area contributed by atoms with Gasteiger partial charge in [-0.15, -0.1) is 11.3 Å². The number of ketones is 1. The lowest BCUT2D eigenvalue weighted by Gasteiger charge is -2.44. The second kappa shape index (κ2) is 32.7. The number of nitrogens with zero attached hydrogens (tertiary/aromatic N) is 8. The number of likely N-dealkylation sites (tertiary alicyclic amines) is 1. The predicted molar refractivity (Wildman–Crippen MR) is 377 cm³/mol. The number of rotatable bonds is 7. The molecule has 21 nitrogen and oxygen atoms in total. The molecular weight excluding hydrogens is 1350 g/mol. The Morgan fingerprint density at radius 1 is 0.774 bits per heavy atom. The number of thiophene rings is 1. The highest BCUT2D eigenvalue weighted by Gasteiger charge is 2.37. The number of hydrogen-bond donors (Lipinski definition) is 6. The van der Waals surface area contributed by atoms with E-state index in [1.807, 2.05) is 132 Å². The normalized spacial score (nSPS) is 15.5. The highest BCUT2D eigenvalue weighted by molar-refractivity contribution is 9.10. The van der Waals surface area contributed by atoms with Gasteiger partial charge < -0.3 is 50.9 Å². The third-order valence-corrected chi connectivity index (χ3v) is 17.0. The van der Waals surface area contributed by atoms with Crippen LogP contribution in [0.2, 0.25) is 5.28 Å². The summed E-state index contributed by atoms with van der Waals surface area (Å²) in [6.07, 6.45) is 14.1. The third-order valence-electron chi connectivity index (χ3n) is 14.7. The minimum atomic E-state index is -0.864. The summed E-state index contributed by atoms with van der Waals surface area (Å²) in [5.74, 6) is 1.34. The molecule has 4 aromatic carbocycles. The number of aromatic carboxylic acids is 1. The first-order valence-corrected chi connectivity index (χ1v) is 33.1. The van der Waals surface area contributed by atoms with Gasteiger partial charge in [0.2, 0.25) is 5.28 Å². The Morgan fingerprint density at radius 3 is 2.02 bits per heavy atom. The lowest BCUT2D eigenvalue weighted by molar-refractivity contribution is 0.00566. The number of H-pyrrole nitrogens is 1. The van der Waals surface area contributed by atoms with Crippen LogP contribution in [-0.4, -0.2) is 138 Å². The number of Topliss-reactive ketones (excluding diaryl/α,β-unsaturated/α-hetero) is 1. The smallest absolute Gasteiger partial charge is 0.435 e. The SMILES string of the molecule is CC(=O)c1cc2ccc(Br)cc2[nH]1.CC(C)(C)OC(=O)N1CCC2(CCNCC2)CC1.CC(C)(C)OC(=O)n1ncc2cc(Nc3ccnc(Cl)n3)ccc21.Cc1nccc(Nc2ccc(C3=CCN=C3)cc2)n1.NC1CCOC1.O=C(O)c1cc2ccc(Br)cc2s1. The van der Waals surface area contributed by atoms with E-state index in [1.165, 1.54) is 40.0 Å². The van der Waals surface area contributed by atoms with Crippen molar-refractivity contribution in [2.75, 3.05) is 56.6 Å². The number of carboxylic acid groups (broad SMARTS) is 1. The quantitative estimate of drug-likeness (QED) is 0.0639. The number of carboxylic acids is 1. The van der Waals surface area contributed by atoms with E-state index in [1.54, 1.807) is 43.7 Å². The van der Waals surface area contributed by atoms with Gasteiger partial charge in [-0.2, -0.15) is 9.78 Å². The molecule has 13 rings (SSSR count). The van der Waals surface area contributed by atoms with Crippen LogP contribution in [0.4, 0.5) is 32.6 Å². The zero-order chi connectivity index (χ0) is 66.9. The number of nitrogens with one attached hydrogen (secondary N) is 4. The number of halogens is 3. The molecule has 1 unspecified atom stereocenters. The molecule has 1 atom stereocenters. The largest absolute Gasteiger partial charge is 0.477 e. The van der Waals surface area contributed by atoms with Crippen molar-refractivity contribution in [1.82, 2.24) is 44.9 Å². The summed E-state index contributed by atoms with van der Waals surface area (Å²) in [5.41, 5.74) is 11.4. The van der Waals surface area contributed by atoms with Gasteiger partial charge >= 0.3 is 18.2 Å². The molecule has 490 valence electrons. The molecule has 5 aromatic heterocycles. The fourth-order valence-corrected chi connectivity index (χ4v) is 11.9. The number of hydrogen-bond acceptors (Lipinski definition) is 18. The predicted octanol–water partition coefficient (Wildman–Crippen LogP) is 15.6. The molecular formula is C68H78Br2ClN13O8S. The van der Waals surface area contributed by atoms with Gasteiger partial charge in [-0.1, -0.05) is 62.2 Å². The van der Waals surface area contributed by atoms with Crippen LogP contribution in [0.1, 0.15) is 112 Å². The van der Waals surface area contributed by atoms with Crippen molar-refractivity contribution in [2.45, 2.75) is 105 Å². The molecule has 4 aliphatic heterocycles. The summed E-state index contributed by atoms with van der Waals surface area (Å²) >= 11 is 13.8. The Kier molecular flexibility index (Phi) is 25.0. The van der Waals surface area contributed by atoms with Crippen molar-refractivity contribution >= 4 is 145 Å². The number of piperidine rings is 2. The first-order valence-electron chi connectivity index (χ1n) is 30.3. The number of anilines is 4. The maximum absolute atomic E-state index is 12.2. The van der Waals surface area contributed by atoms with Crippen LogP contribution in [0, 0.1) is 12.3 Å². The standard InChI is InChI=1S/C16H16ClN5O2.C15H14N4.C14H26N2O2.C10H8BrNO.C9H5BrO2S.C4H9NO/c1-16(2,3)24-15(23)22-12-5-4-11(8-10(12)9-19-22)20-13-6-7-18-14(17)21-13;1-11-17-9-7-15(18-11)19-14-4-2-12(3-5-14)13-6-8-16-10-13;1-13(2,3)18-12(17)16-10-6-14(7-11-16)4-8-15-9-5-14;1-6(13)9-4-7-2-3-8(11)5-10(7)12-9;10-6-2-1-5-3-8(9(11)12)13-7(5)4-6;5-4-1-2-6-3-4/h4-9H,1-3H3,(H,18,20,21);2-7,9-10H,8H2,1H3,(H,17,18,19);15H,4-11H2,1-3H3;2-5,12H,1H3;1-4H,(H,11,12);4H,1-3,5H2. The zero-order valence-corrected chi connectivity index (χ0v) is 58.0. The fraction of sp³-hybridized carbons (Fsp3) is 0.353. The number of allylic oxidation sites excluding steroid dienone is 1.